The number of piperidine rings is 1. The number of aryl methyl sites for hydroxylation is 1. The maximum Gasteiger partial charge on any atom is 0.129 e. The molecule has 3 aromatic carbocycles. The molecule has 0 saturated carbocycles. The lowest BCUT2D eigenvalue weighted by atomic mass is 10.1. The summed E-state index contributed by atoms with van der Waals surface area (Å²) < 4.78 is 9.59. The second-order valence-corrected chi connectivity index (χ2v) is 10.1. The van der Waals surface area contributed by atoms with Crippen LogP contribution in [-0.2, 0) is 6.42 Å². The molecule has 1 fully saturated rings. The van der Waals surface area contributed by atoms with Crippen LogP contribution in [0.3, 0.4) is 0 Å². The largest absolute Gasteiger partial charge is 0.457 e. The van der Waals surface area contributed by atoms with Crippen LogP contribution < -0.4 is 14.4 Å². The molecule has 6 heteroatoms. The summed E-state index contributed by atoms with van der Waals surface area (Å²) in [5.74, 6) is 1.75. The van der Waals surface area contributed by atoms with Gasteiger partial charge in [-0.2, -0.15) is 0 Å². The molecule has 2 heterocycles. The number of ether oxygens (including phenoxy) is 1. The highest BCUT2D eigenvalue weighted by Crippen LogP contribution is 2.29. The van der Waals surface area contributed by atoms with Gasteiger partial charge in [-0.05, 0) is 104 Å². The maximum atomic E-state index is 6.15. The molecule has 4 nitrogen and oxygen atoms in total. The zero-order chi connectivity index (χ0) is 23.2. The molecule has 34 heavy (non-hydrogen) atoms. The zero-order valence-electron chi connectivity index (χ0n) is 19.2. The molecular weight excluding hydrogens is 462 g/mol. The number of H-pyrrole nitrogens is 1. The summed E-state index contributed by atoms with van der Waals surface area (Å²) in [7, 11) is 0. The fourth-order valence-corrected chi connectivity index (χ4v) is 5.31. The summed E-state index contributed by atoms with van der Waals surface area (Å²) in [5.41, 5.74) is 3.71. The van der Waals surface area contributed by atoms with Gasteiger partial charge in [0.2, 0.25) is 0 Å². The van der Waals surface area contributed by atoms with Gasteiger partial charge in [0.05, 0.1) is 0 Å². The third-order valence-electron chi connectivity index (χ3n) is 6.24. The second kappa shape index (κ2) is 11.2. The van der Waals surface area contributed by atoms with E-state index >= 15 is 0 Å². The van der Waals surface area contributed by atoms with Crippen molar-refractivity contribution in [2.75, 3.05) is 24.5 Å². The maximum absolute atomic E-state index is 6.15. The highest BCUT2D eigenvalue weighted by atomic mass is 35.5. The standard InChI is InChI=1S/C28H30ClN3OS/c29-22-9-14-28-27(18-22)21(20-30-28)6-5-15-31-34-26-12-10-24(11-13-26)33-25-8-4-7-23(19-25)32-16-2-1-3-17-32/h4,7-14,18-20,30-31H,1-3,5-6,15-17H2. The third kappa shape index (κ3) is 5.90. The van der Waals surface area contributed by atoms with Gasteiger partial charge in [-0.25, -0.2) is 0 Å². The Balaban J connectivity index is 1.08. The van der Waals surface area contributed by atoms with E-state index in [1.807, 2.05) is 36.4 Å². The number of aromatic nitrogens is 1. The Kier molecular flexibility index (Phi) is 7.64. The van der Waals surface area contributed by atoms with Crippen LogP contribution in [0.25, 0.3) is 10.9 Å². The first kappa shape index (κ1) is 23.2. The van der Waals surface area contributed by atoms with Gasteiger partial charge in [-0.1, -0.05) is 17.7 Å². The highest BCUT2D eigenvalue weighted by Gasteiger charge is 2.11. The van der Waals surface area contributed by atoms with Crippen LogP contribution in [0.2, 0.25) is 5.02 Å². The minimum absolute atomic E-state index is 0.782. The van der Waals surface area contributed by atoms with Crippen molar-refractivity contribution in [3.05, 3.63) is 83.5 Å². The van der Waals surface area contributed by atoms with E-state index in [1.54, 1.807) is 11.9 Å². The topological polar surface area (TPSA) is 40.3 Å². The summed E-state index contributed by atoms with van der Waals surface area (Å²) in [4.78, 5) is 6.95. The average Bonchev–Trinajstić information content (AvgIpc) is 3.27. The van der Waals surface area contributed by atoms with Crippen LogP contribution in [0.15, 0.2) is 77.8 Å². The van der Waals surface area contributed by atoms with Gasteiger partial charge in [0.1, 0.15) is 11.5 Å². The van der Waals surface area contributed by atoms with Crippen LogP contribution >= 0.6 is 23.5 Å². The van der Waals surface area contributed by atoms with Gasteiger partial charge in [0, 0.05) is 58.4 Å². The Hall–Kier alpha value is -2.60. The van der Waals surface area contributed by atoms with E-state index in [1.165, 1.54) is 40.8 Å². The number of nitrogens with zero attached hydrogens (tertiary/aromatic N) is 1. The van der Waals surface area contributed by atoms with Crippen molar-refractivity contribution < 1.29 is 4.74 Å². The monoisotopic (exact) mass is 491 g/mol. The quantitative estimate of drug-likeness (QED) is 0.185. The molecule has 0 aliphatic carbocycles. The van der Waals surface area contributed by atoms with E-state index in [0.29, 0.717) is 0 Å². The van der Waals surface area contributed by atoms with E-state index in [0.717, 1.165) is 54.5 Å². The molecule has 0 atom stereocenters. The molecular formula is C28H30ClN3OS. The van der Waals surface area contributed by atoms with Crippen LogP contribution in [-0.4, -0.2) is 24.6 Å². The van der Waals surface area contributed by atoms with Gasteiger partial charge >= 0.3 is 0 Å². The van der Waals surface area contributed by atoms with E-state index < -0.39 is 0 Å². The van der Waals surface area contributed by atoms with Gasteiger partial charge in [0.25, 0.3) is 0 Å². The molecule has 0 unspecified atom stereocenters. The number of fused-ring (bicyclic) bond motifs is 1. The van der Waals surface area contributed by atoms with E-state index in [4.69, 9.17) is 16.3 Å². The predicted molar refractivity (Wildman–Crippen MR) is 145 cm³/mol. The zero-order valence-corrected chi connectivity index (χ0v) is 20.8. The van der Waals surface area contributed by atoms with Gasteiger partial charge in [-0.15, -0.1) is 0 Å². The first-order chi connectivity index (χ1) is 16.7. The Morgan fingerprint density at radius 1 is 0.941 bits per heavy atom. The summed E-state index contributed by atoms with van der Waals surface area (Å²) in [5, 5.41) is 2.00. The van der Waals surface area contributed by atoms with Crippen molar-refractivity contribution in [1.29, 1.82) is 0 Å². The van der Waals surface area contributed by atoms with Crippen LogP contribution in [0, 0.1) is 0 Å². The average molecular weight is 492 g/mol. The number of anilines is 1. The molecule has 1 aromatic heterocycles. The third-order valence-corrected chi connectivity index (χ3v) is 7.33. The summed E-state index contributed by atoms with van der Waals surface area (Å²) >= 11 is 7.81. The molecule has 4 aromatic rings. The fourth-order valence-electron chi connectivity index (χ4n) is 4.45. The molecule has 1 aliphatic rings. The Bertz CT molecular complexity index is 1220. The fraction of sp³-hybridized carbons (Fsp3) is 0.286. The van der Waals surface area contributed by atoms with Gasteiger partial charge in [-0.3, -0.25) is 4.72 Å². The molecule has 1 saturated heterocycles. The predicted octanol–water partition coefficient (Wildman–Crippen LogP) is 7.83. The van der Waals surface area contributed by atoms with Crippen molar-refractivity contribution in [2.24, 2.45) is 0 Å². The number of nitrogens with one attached hydrogen (secondary N) is 2. The summed E-state index contributed by atoms with van der Waals surface area (Å²) in [6.07, 6.45) is 8.05. The van der Waals surface area contributed by atoms with E-state index in [2.05, 4.69) is 51.1 Å². The lowest BCUT2D eigenvalue weighted by Gasteiger charge is -2.29. The van der Waals surface area contributed by atoms with Crippen molar-refractivity contribution in [3.8, 4) is 11.5 Å². The summed E-state index contributed by atoms with van der Waals surface area (Å²) in [6, 6.07) is 22.7. The van der Waals surface area contributed by atoms with E-state index in [-0.39, 0.29) is 0 Å². The van der Waals surface area contributed by atoms with Crippen molar-refractivity contribution in [1.82, 2.24) is 9.71 Å². The molecule has 5 rings (SSSR count). The van der Waals surface area contributed by atoms with Crippen molar-refractivity contribution >= 4 is 40.1 Å². The number of hydrogen-bond acceptors (Lipinski definition) is 4. The van der Waals surface area contributed by atoms with Crippen LogP contribution in [0.5, 0.6) is 11.5 Å². The van der Waals surface area contributed by atoms with Gasteiger partial charge in [0.15, 0.2) is 0 Å². The number of halogens is 1. The minimum Gasteiger partial charge on any atom is -0.457 e. The number of benzene rings is 3. The molecule has 176 valence electrons. The van der Waals surface area contributed by atoms with Crippen LogP contribution in [0.1, 0.15) is 31.2 Å². The molecule has 1 aliphatic heterocycles. The SMILES string of the molecule is Clc1ccc2[nH]cc(CCCNSc3ccc(Oc4cccc(N5CCCCC5)c4)cc3)c2c1. The number of hydrogen-bond donors (Lipinski definition) is 2. The first-order valence-corrected chi connectivity index (χ1v) is 13.2. The Labute approximate surface area is 210 Å². The lowest BCUT2D eigenvalue weighted by Crippen LogP contribution is -2.29. The minimum atomic E-state index is 0.782. The Morgan fingerprint density at radius 2 is 1.79 bits per heavy atom. The molecule has 0 radical (unpaired) electrons. The normalized spacial score (nSPS) is 14.0. The lowest BCUT2D eigenvalue weighted by molar-refractivity contribution is 0.481. The smallest absolute Gasteiger partial charge is 0.129 e. The molecule has 0 bridgehead atoms. The van der Waals surface area contributed by atoms with Crippen LogP contribution in [0.4, 0.5) is 5.69 Å². The number of aromatic amines is 1. The van der Waals surface area contributed by atoms with Gasteiger partial charge < -0.3 is 14.6 Å². The summed E-state index contributed by atoms with van der Waals surface area (Å²) in [6.45, 7) is 3.20. The number of rotatable bonds is 9. The molecule has 2 N–H and O–H groups in total. The van der Waals surface area contributed by atoms with E-state index in [9.17, 15) is 0 Å². The van der Waals surface area contributed by atoms with Crippen molar-refractivity contribution in [3.63, 3.8) is 0 Å². The first-order valence-electron chi connectivity index (χ1n) is 12.0. The highest BCUT2D eigenvalue weighted by molar-refractivity contribution is 7.97. The Morgan fingerprint density at radius 3 is 2.65 bits per heavy atom. The second-order valence-electron chi connectivity index (χ2n) is 8.72. The molecule has 0 amide bonds. The molecule has 0 spiro atoms. The van der Waals surface area contributed by atoms with Crippen molar-refractivity contribution in [2.45, 2.75) is 37.0 Å².